The molecule has 0 aliphatic carbocycles. The minimum absolute atomic E-state index is 0.820. The summed E-state index contributed by atoms with van der Waals surface area (Å²) in [5.41, 5.74) is 0. The zero-order chi connectivity index (χ0) is 14.6. The Morgan fingerprint density at radius 3 is 1.42 bits per heavy atom. The molecule has 0 saturated carbocycles. The molecular weight excluding hydrogens is 264 g/mol. The van der Waals surface area contributed by atoms with E-state index in [9.17, 15) is 4.57 Å². The van der Waals surface area contributed by atoms with E-state index >= 15 is 0 Å². The van der Waals surface area contributed by atoms with Gasteiger partial charge in [-0.25, -0.2) is 4.57 Å². The molecule has 1 radical (unpaired) electrons. The lowest BCUT2D eigenvalue weighted by atomic mass is 10.2. The molecular formula is C12H28BNO4P. The standard InChI is InChI=1S/C12H27N.BHO4P/c1-4-7-10-13(11-8-5-2)12-9-6-3;2-6(3)4-1-5-6/h4-12H2,1-3H3;(H,2,3). The zero-order valence-electron chi connectivity index (χ0n) is 12.5. The fraction of sp³-hybridized carbons (Fsp3) is 1.00. The monoisotopic (exact) mass is 292 g/mol. The third-order valence-electron chi connectivity index (χ3n) is 2.84. The maximum absolute atomic E-state index is 9.75. The second kappa shape index (κ2) is 11.9. The maximum Gasteiger partial charge on any atom is 0.505 e. The van der Waals surface area contributed by atoms with Crippen LogP contribution in [0.3, 0.4) is 0 Å². The summed E-state index contributed by atoms with van der Waals surface area (Å²) in [7, 11) is -2.70. The van der Waals surface area contributed by atoms with Gasteiger partial charge in [0.2, 0.25) is 0 Å². The van der Waals surface area contributed by atoms with Crippen LogP contribution in [0.1, 0.15) is 59.3 Å². The molecule has 0 amide bonds. The molecule has 0 aromatic carbocycles. The second-order valence-electron chi connectivity index (χ2n) is 4.68. The molecule has 0 aromatic rings. The van der Waals surface area contributed by atoms with Gasteiger partial charge in [0.05, 0.1) is 0 Å². The van der Waals surface area contributed by atoms with E-state index in [2.05, 4.69) is 34.6 Å². The number of nitrogens with zero attached hydrogens (tertiary/aromatic N) is 1. The lowest BCUT2D eigenvalue weighted by molar-refractivity contribution is 0.222. The lowest BCUT2D eigenvalue weighted by Crippen LogP contribution is -2.27. The van der Waals surface area contributed by atoms with Crippen molar-refractivity contribution in [2.45, 2.75) is 59.3 Å². The van der Waals surface area contributed by atoms with Gasteiger partial charge in [-0.05, 0) is 38.9 Å². The average molecular weight is 292 g/mol. The van der Waals surface area contributed by atoms with Gasteiger partial charge in [-0.15, -0.1) is 0 Å². The second-order valence-corrected chi connectivity index (χ2v) is 6.04. The third-order valence-corrected chi connectivity index (χ3v) is 3.54. The van der Waals surface area contributed by atoms with Gasteiger partial charge in [0, 0.05) is 0 Å². The molecule has 1 fully saturated rings. The number of rotatable bonds is 9. The summed E-state index contributed by atoms with van der Waals surface area (Å²) in [6.07, 6.45) is 8.09. The molecule has 0 aromatic heterocycles. The van der Waals surface area contributed by atoms with Crippen LogP contribution in [0.2, 0.25) is 0 Å². The van der Waals surface area contributed by atoms with Gasteiger partial charge in [-0.1, -0.05) is 40.0 Å². The van der Waals surface area contributed by atoms with E-state index < -0.39 is 7.82 Å². The number of phosphoric acid groups is 1. The van der Waals surface area contributed by atoms with Gasteiger partial charge in [-0.3, -0.25) is 0 Å². The largest absolute Gasteiger partial charge is 0.505 e. The zero-order valence-corrected chi connectivity index (χ0v) is 13.4. The Balaban J connectivity index is 0.000000443. The summed E-state index contributed by atoms with van der Waals surface area (Å²) in [4.78, 5) is 10.6. The van der Waals surface area contributed by atoms with E-state index in [4.69, 9.17) is 4.89 Å². The summed E-state index contributed by atoms with van der Waals surface area (Å²) < 4.78 is 17.5. The van der Waals surface area contributed by atoms with E-state index in [0.717, 1.165) is 7.69 Å². The fourth-order valence-corrected chi connectivity index (χ4v) is 1.83. The number of hydrogen-bond donors (Lipinski definition) is 1. The molecule has 0 atom stereocenters. The van der Waals surface area contributed by atoms with Gasteiger partial charge < -0.3 is 18.7 Å². The molecule has 0 unspecified atom stereocenters. The Bertz CT molecular complexity index is 229. The molecule has 1 heterocycles. The van der Waals surface area contributed by atoms with Crippen LogP contribution in [-0.4, -0.2) is 37.1 Å². The molecule has 1 aliphatic heterocycles. The first-order chi connectivity index (χ1) is 9.05. The summed E-state index contributed by atoms with van der Waals surface area (Å²) in [6.45, 7) is 10.8. The molecule has 1 N–H and O–H groups in total. The van der Waals surface area contributed by atoms with Crippen molar-refractivity contribution in [3.05, 3.63) is 0 Å². The molecule has 0 spiro atoms. The van der Waals surface area contributed by atoms with Crippen LogP contribution >= 0.6 is 7.82 Å². The fourth-order valence-electron chi connectivity index (χ4n) is 1.60. The molecule has 0 bridgehead atoms. The SMILES string of the molecule is CCCCN(CCCC)CCCC.O=P1(O)O[B]O1. The summed E-state index contributed by atoms with van der Waals surface area (Å²) in [5.74, 6) is 0. The van der Waals surface area contributed by atoms with Crippen molar-refractivity contribution >= 4 is 15.5 Å². The van der Waals surface area contributed by atoms with Gasteiger partial charge >= 0.3 is 15.5 Å². The van der Waals surface area contributed by atoms with Crippen molar-refractivity contribution < 1.29 is 18.3 Å². The predicted octanol–water partition coefficient (Wildman–Crippen LogP) is 3.36. The lowest BCUT2D eigenvalue weighted by Gasteiger charge is -2.21. The molecule has 1 rings (SSSR count). The Morgan fingerprint density at radius 1 is 0.947 bits per heavy atom. The first kappa shape index (κ1) is 19.1. The molecule has 1 saturated heterocycles. The first-order valence-electron chi connectivity index (χ1n) is 7.29. The van der Waals surface area contributed by atoms with Gasteiger partial charge in [-0.2, -0.15) is 0 Å². The van der Waals surface area contributed by atoms with E-state index in [1.807, 2.05) is 0 Å². The van der Waals surface area contributed by atoms with Crippen molar-refractivity contribution in [3.63, 3.8) is 0 Å². The van der Waals surface area contributed by atoms with Crippen LogP contribution in [0.15, 0.2) is 0 Å². The summed E-state index contributed by atoms with van der Waals surface area (Å²) in [5, 5.41) is 0. The highest BCUT2D eigenvalue weighted by Crippen LogP contribution is 2.49. The van der Waals surface area contributed by atoms with Crippen LogP contribution in [0, 0.1) is 0 Å². The van der Waals surface area contributed by atoms with Crippen molar-refractivity contribution in [2.24, 2.45) is 0 Å². The summed E-state index contributed by atoms with van der Waals surface area (Å²) >= 11 is 0. The Kier molecular flexibility index (Phi) is 12.0. The highest BCUT2D eigenvalue weighted by molar-refractivity contribution is 7.52. The highest BCUT2D eigenvalue weighted by Gasteiger charge is 2.32. The molecule has 7 heteroatoms. The Morgan fingerprint density at radius 2 is 1.26 bits per heavy atom. The number of hydrogen-bond acceptors (Lipinski definition) is 4. The number of unbranched alkanes of at least 4 members (excludes halogenated alkanes) is 3. The van der Waals surface area contributed by atoms with Gasteiger partial charge in [0.25, 0.3) is 0 Å². The third kappa shape index (κ3) is 11.6. The van der Waals surface area contributed by atoms with Gasteiger partial charge in [0.1, 0.15) is 0 Å². The molecule has 1 aliphatic rings. The van der Waals surface area contributed by atoms with Crippen LogP contribution < -0.4 is 0 Å². The minimum Gasteiger partial charge on any atom is -0.320 e. The first-order valence-corrected chi connectivity index (χ1v) is 8.78. The van der Waals surface area contributed by atoms with E-state index in [1.165, 1.54) is 58.2 Å². The van der Waals surface area contributed by atoms with Crippen LogP contribution in [-0.2, 0) is 13.4 Å². The average Bonchev–Trinajstić information content (AvgIpc) is 2.37. The highest BCUT2D eigenvalue weighted by atomic mass is 31.2. The molecule has 19 heavy (non-hydrogen) atoms. The van der Waals surface area contributed by atoms with Crippen LogP contribution in [0.4, 0.5) is 0 Å². The van der Waals surface area contributed by atoms with E-state index in [-0.39, 0.29) is 0 Å². The molecule has 5 nitrogen and oxygen atoms in total. The van der Waals surface area contributed by atoms with Crippen molar-refractivity contribution in [3.8, 4) is 0 Å². The van der Waals surface area contributed by atoms with Crippen LogP contribution in [0.25, 0.3) is 0 Å². The Hall–Kier alpha value is 0.135. The van der Waals surface area contributed by atoms with E-state index in [0.29, 0.717) is 0 Å². The van der Waals surface area contributed by atoms with E-state index in [1.54, 1.807) is 0 Å². The topological polar surface area (TPSA) is 59.0 Å². The maximum atomic E-state index is 9.75. The predicted molar refractivity (Wildman–Crippen MR) is 78.9 cm³/mol. The molecule has 113 valence electrons. The van der Waals surface area contributed by atoms with Crippen LogP contribution in [0.5, 0.6) is 0 Å². The van der Waals surface area contributed by atoms with Gasteiger partial charge in [0.15, 0.2) is 0 Å². The summed E-state index contributed by atoms with van der Waals surface area (Å²) in [6, 6.07) is 0. The van der Waals surface area contributed by atoms with Crippen molar-refractivity contribution in [1.29, 1.82) is 0 Å². The minimum atomic E-state index is -3.52. The smallest absolute Gasteiger partial charge is 0.320 e. The van der Waals surface area contributed by atoms with Crippen molar-refractivity contribution in [2.75, 3.05) is 19.6 Å². The quantitative estimate of drug-likeness (QED) is 0.521. The normalized spacial score (nSPS) is 16.3. The Labute approximate surface area is 118 Å². The van der Waals surface area contributed by atoms with Crippen molar-refractivity contribution in [1.82, 2.24) is 4.90 Å².